The van der Waals surface area contributed by atoms with E-state index in [1.165, 1.54) is 0 Å². The van der Waals surface area contributed by atoms with Gasteiger partial charge in [-0.2, -0.15) is 0 Å². The number of hydrogen-bond acceptors (Lipinski definition) is 2. The summed E-state index contributed by atoms with van der Waals surface area (Å²) in [5.41, 5.74) is 0.284. The van der Waals surface area contributed by atoms with Gasteiger partial charge in [0.2, 0.25) is 5.91 Å². The normalized spacial score (nSPS) is 19.7. The Morgan fingerprint density at radius 2 is 2.00 bits per heavy atom. The summed E-state index contributed by atoms with van der Waals surface area (Å²) in [5.74, 6) is 0.734. The quantitative estimate of drug-likeness (QED) is 0.690. The van der Waals surface area contributed by atoms with Crippen molar-refractivity contribution in [1.82, 2.24) is 10.2 Å². The van der Waals surface area contributed by atoms with Crippen LogP contribution >= 0.6 is 0 Å². The summed E-state index contributed by atoms with van der Waals surface area (Å²) >= 11 is 0. The zero-order valence-corrected chi connectivity index (χ0v) is 9.05. The van der Waals surface area contributed by atoms with Crippen molar-refractivity contribution in [2.45, 2.75) is 33.2 Å². The molecule has 0 spiro atoms. The minimum atomic E-state index is 0.0780. The van der Waals surface area contributed by atoms with Gasteiger partial charge in [-0.25, -0.2) is 0 Å². The van der Waals surface area contributed by atoms with Crippen LogP contribution in [0.3, 0.4) is 0 Å². The Kier molecular flexibility index (Phi) is 2.96. The number of nitrogens with zero attached hydrogens (tertiary/aromatic N) is 1. The second-order valence-electron chi connectivity index (χ2n) is 4.88. The summed E-state index contributed by atoms with van der Waals surface area (Å²) < 4.78 is 0. The van der Waals surface area contributed by atoms with Gasteiger partial charge in [-0.05, 0) is 20.8 Å². The molecule has 0 aliphatic carbocycles. The Morgan fingerprint density at radius 3 is 2.38 bits per heavy atom. The molecule has 0 bridgehead atoms. The molecule has 0 radical (unpaired) electrons. The van der Waals surface area contributed by atoms with Gasteiger partial charge < -0.3 is 5.32 Å². The van der Waals surface area contributed by atoms with E-state index in [2.05, 4.69) is 31.0 Å². The molecule has 1 saturated heterocycles. The van der Waals surface area contributed by atoms with E-state index in [-0.39, 0.29) is 11.4 Å². The minimum absolute atomic E-state index is 0.0780. The molecule has 1 N–H and O–H groups in total. The molecule has 76 valence electrons. The summed E-state index contributed by atoms with van der Waals surface area (Å²) in [6.45, 7) is 11.3. The molecule has 1 heterocycles. The average Bonchev–Trinajstić information content (AvgIpc) is 1.79. The first kappa shape index (κ1) is 10.5. The highest BCUT2D eigenvalue weighted by Crippen LogP contribution is 2.24. The van der Waals surface area contributed by atoms with Crippen LogP contribution in [0.15, 0.2) is 0 Å². The number of amides is 1. The first-order chi connectivity index (χ1) is 5.89. The van der Waals surface area contributed by atoms with Crippen LogP contribution in [-0.4, -0.2) is 36.0 Å². The summed E-state index contributed by atoms with van der Waals surface area (Å²) in [7, 11) is 0. The van der Waals surface area contributed by atoms with E-state index >= 15 is 0 Å². The predicted octanol–water partition coefficient (Wildman–Crippen LogP) is 0.853. The van der Waals surface area contributed by atoms with Crippen molar-refractivity contribution in [3.63, 3.8) is 0 Å². The summed E-state index contributed by atoms with van der Waals surface area (Å²) in [4.78, 5) is 13.1. The van der Waals surface area contributed by atoms with Gasteiger partial charge in [-0.15, -0.1) is 0 Å². The van der Waals surface area contributed by atoms with Crippen LogP contribution in [0.4, 0.5) is 0 Å². The molecule has 3 nitrogen and oxygen atoms in total. The zero-order chi connectivity index (χ0) is 10.1. The Bertz CT molecular complexity index is 190. The number of nitrogens with one attached hydrogen (secondary N) is 1. The third-order valence-electron chi connectivity index (χ3n) is 2.55. The largest absolute Gasteiger partial charge is 0.356 e. The van der Waals surface area contributed by atoms with E-state index in [1.807, 2.05) is 0 Å². The number of likely N-dealkylation sites (tertiary alicyclic amines) is 1. The van der Waals surface area contributed by atoms with Crippen molar-refractivity contribution in [2.75, 3.05) is 19.6 Å². The monoisotopic (exact) mass is 184 g/mol. The smallest absolute Gasteiger partial charge is 0.216 e. The van der Waals surface area contributed by atoms with Crippen LogP contribution in [0.25, 0.3) is 0 Å². The molecule has 1 aliphatic rings. The van der Waals surface area contributed by atoms with Gasteiger partial charge in [0.25, 0.3) is 0 Å². The molecule has 1 rings (SSSR count). The standard InChI is InChI=1S/C10H20N2O/c1-8(13)11-5-9-6-12(7-9)10(2,3)4/h9H,5-7H2,1-4H3,(H,11,13). The Morgan fingerprint density at radius 1 is 1.46 bits per heavy atom. The molecule has 1 fully saturated rings. The van der Waals surface area contributed by atoms with E-state index in [9.17, 15) is 4.79 Å². The first-order valence-electron chi connectivity index (χ1n) is 4.89. The molecule has 0 aromatic heterocycles. The van der Waals surface area contributed by atoms with E-state index in [1.54, 1.807) is 6.92 Å². The molecule has 0 aromatic rings. The van der Waals surface area contributed by atoms with E-state index in [0.29, 0.717) is 5.92 Å². The van der Waals surface area contributed by atoms with Crippen molar-refractivity contribution in [3.8, 4) is 0 Å². The van der Waals surface area contributed by atoms with Crippen molar-refractivity contribution < 1.29 is 4.79 Å². The van der Waals surface area contributed by atoms with Crippen LogP contribution in [0.1, 0.15) is 27.7 Å². The van der Waals surface area contributed by atoms with Gasteiger partial charge in [-0.1, -0.05) is 0 Å². The second kappa shape index (κ2) is 3.66. The summed E-state index contributed by atoms with van der Waals surface area (Å²) in [5, 5.41) is 2.85. The lowest BCUT2D eigenvalue weighted by Crippen LogP contribution is -2.58. The van der Waals surface area contributed by atoms with Gasteiger partial charge in [0.05, 0.1) is 0 Å². The fourth-order valence-electron chi connectivity index (χ4n) is 1.53. The molecule has 0 unspecified atom stereocenters. The van der Waals surface area contributed by atoms with Crippen LogP contribution < -0.4 is 5.32 Å². The summed E-state index contributed by atoms with van der Waals surface area (Å²) in [6, 6.07) is 0. The third kappa shape index (κ3) is 2.99. The Hall–Kier alpha value is -0.570. The van der Waals surface area contributed by atoms with E-state index < -0.39 is 0 Å². The maximum Gasteiger partial charge on any atom is 0.216 e. The van der Waals surface area contributed by atoms with Gasteiger partial charge in [-0.3, -0.25) is 9.69 Å². The highest BCUT2D eigenvalue weighted by atomic mass is 16.1. The molecule has 0 atom stereocenters. The number of carbonyl (C=O) groups excluding carboxylic acids is 1. The number of rotatable bonds is 2. The second-order valence-corrected chi connectivity index (χ2v) is 4.88. The molecular formula is C10H20N2O. The minimum Gasteiger partial charge on any atom is -0.356 e. The van der Waals surface area contributed by atoms with Crippen molar-refractivity contribution in [1.29, 1.82) is 0 Å². The van der Waals surface area contributed by atoms with Crippen LogP contribution in [0.2, 0.25) is 0 Å². The van der Waals surface area contributed by atoms with Crippen molar-refractivity contribution in [2.24, 2.45) is 5.92 Å². The van der Waals surface area contributed by atoms with Crippen LogP contribution in [0, 0.1) is 5.92 Å². The highest BCUT2D eigenvalue weighted by Gasteiger charge is 2.33. The molecule has 0 aromatic carbocycles. The lowest BCUT2D eigenvalue weighted by Gasteiger charge is -2.47. The Labute approximate surface area is 80.5 Å². The maximum atomic E-state index is 10.6. The molecular weight excluding hydrogens is 164 g/mol. The van der Waals surface area contributed by atoms with E-state index in [0.717, 1.165) is 19.6 Å². The van der Waals surface area contributed by atoms with Crippen LogP contribution in [-0.2, 0) is 4.79 Å². The maximum absolute atomic E-state index is 10.6. The molecule has 13 heavy (non-hydrogen) atoms. The van der Waals surface area contributed by atoms with Gasteiger partial charge in [0.15, 0.2) is 0 Å². The molecule has 1 amide bonds. The van der Waals surface area contributed by atoms with Gasteiger partial charge >= 0.3 is 0 Å². The average molecular weight is 184 g/mol. The van der Waals surface area contributed by atoms with Crippen LogP contribution in [0.5, 0.6) is 0 Å². The highest BCUT2D eigenvalue weighted by molar-refractivity contribution is 5.72. The SMILES string of the molecule is CC(=O)NCC1CN(C(C)(C)C)C1. The van der Waals surface area contributed by atoms with E-state index in [4.69, 9.17) is 0 Å². The predicted molar refractivity (Wildman–Crippen MR) is 53.5 cm³/mol. The number of hydrogen-bond donors (Lipinski definition) is 1. The Balaban J connectivity index is 2.15. The zero-order valence-electron chi connectivity index (χ0n) is 9.05. The molecule has 1 aliphatic heterocycles. The van der Waals surface area contributed by atoms with Gasteiger partial charge in [0, 0.05) is 38.0 Å². The lowest BCUT2D eigenvalue weighted by atomic mass is 9.92. The third-order valence-corrected chi connectivity index (χ3v) is 2.55. The fraction of sp³-hybridized carbons (Fsp3) is 0.900. The molecule has 0 saturated carbocycles. The van der Waals surface area contributed by atoms with Gasteiger partial charge in [0.1, 0.15) is 0 Å². The lowest BCUT2D eigenvalue weighted by molar-refractivity contribution is -0.119. The topological polar surface area (TPSA) is 32.3 Å². The van der Waals surface area contributed by atoms with Crippen molar-refractivity contribution >= 4 is 5.91 Å². The number of carbonyl (C=O) groups is 1. The first-order valence-corrected chi connectivity index (χ1v) is 4.89. The molecule has 3 heteroatoms. The fourth-order valence-corrected chi connectivity index (χ4v) is 1.53. The summed E-state index contributed by atoms with van der Waals surface area (Å²) in [6.07, 6.45) is 0. The van der Waals surface area contributed by atoms with Crippen molar-refractivity contribution in [3.05, 3.63) is 0 Å².